The van der Waals surface area contributed by atoms with Crippen molar-refractivity contribution in [2.45, 2.75) is 39.2 Å². The zero-order valence-electron chi connectivity index (χ0n) is 13.7. The summed E-state index contributed by atoms with van der Waals surface area (Å²) in [6.45, 7) is 5.62. The first-order chi connectivity index (χ1) is 11.0. The molecule has 1 aromatic rings. The van der Waals surface area contributed by atoms with Gasteiger partial charge in [-0.1, -0.05) is 31.9 Å². The molecule has 0 spiro atoms. The van der Waals surface area contributed by atoms with E-state index in [4.69, 9.17) is 11.6 Å². The molecule has 1 aliphatic rings. The van der Waals surface area contributed by atoms with E-state index in [1.807, 2.05) is 13.0 Å². The van der Waals surface area contributed by atoms with Gasteiger partial charge in [-0.15, -0.1) is 10.2 Å². The molecular formula is C16H25ClN4O2. The van der Waals surface area contributed by atoms with E-state index in [-0.39, 0.29) is 30.4 Å². The molecule has 128 valence electrons. The highest BCUT2D eigenvalue weighted by Gasteiger charge is 2.28. The van der Waals surface area contributed by atoms with E-state index in [1.54, 1.807) is 6.07 Å². The van der Waals surface area contributed by atoms with Gasteiger partial charge in [-0.25, -0.2) is 0 Å². The number of halogens is 1. The summed E-state index contributed by atoms with van der Waals surface area (Å²) < 4.78 is 0. The van der Waals surface area contributed by atoms with Gasteiger partial charge >= 0.3 is 0 Å². The molecular weight excluding hydrogens is 316 g/mol. The number of aliphatic hydroxyl groups is 1. The van der Waals surface area contributed by atoms with Gasteiger partial charge in [0, 0.05) is 19.0 Å². The molecule has 1 saturated heterocycles. The van der Waals surface area contributed by atoms with Crippen molar-refractivity contribution < 1.29 is 9.90 Å². The third kappa shape index (κ3) is 4.78. The molecule has 0 saturated carbocycles. The van der Waals surface area contributed by atoms with Crippen LogP contribution in [0, 0.1) is 11.8 Å². The van der Waals surface area contributed by atoms with Crippen molar-refractivity contribution in [3.63, 3.8) is 0 Å². The zero-order valence-corrected chi connectivity index (χ0v) is 14.5. The predicted molar refractivity (Wildman–Crippen MR) is 90.5 cm³/mol. The van der Waals surface area contributed by atoms with Crippen molar-refractivity contribution in [1.29, 1.82) is 0 Å². The number of carbonyl (C=O) groups is 1. The number of nitrogens with one attached hydrogen (secondary N) is 1. The first kappa shape index (κ1) is 17.9. The Hall–Kier alpha value is -1.40. The topological polar surface area (TPSA) is 78.4 Å². The maximum atomic E-state index is 12.4. The number of piperidine rings is 1. The van der Waals surface area contributed by atoms with Gasteiger partial charge in [0.2, 0.25) is 5.91 Å². The summed E-state index contributed by atoms with van der Waals surface area (Å²) >= 11 is 5.75. The van der Waals surface area contributed by atoms with Crippen LogP contribution in [0.2, 0.25) is 5.15 Å². The summed E-state index contributed by atoms with van der Waals surface area (Å²) in [7, 11) is 0. The fourth-order valence-electron chi connectivity index (χ4n) is 2.80. The van der Waals surface area contributed by atoms with Crippen LogP contribution in [0.15, 0.2) is 12.1 Å². The fraction of sp³-hybridized carbons (Fsp3) is 0.688. The molecule has 1 aliphatic heterocycles. The summed E-state index contributed by atoms with van der Waals surface area (Å²) in [6.07, 6.45) is 2.47. The van der Waals surface area contributed by atoms with Gasteiger partial charge < -0.3 is 15.3 Å². The second-order valence-corrected chi connectivity index (χ2v) is 6.55. The third-order valence-electron chi connectivity index (χ3n) is 4.66. The molecule has 2 N–H and O–H groups in total. The maximum Gasteiger partial charge on any atom is 0.223 e. The van der Waals surface area contributed by atoms with E-state index in [0.29, 0.717) is 5.15 Å². The summed E-state index contributed by atoms with van der Waals surface area (Å²) in [5, 5.41) is 20.7. The molecule has 1 aromatic heterocycles. The normalized spacial score (nSPS) is 18.5. The summed E-state index contributed by atoms with van der Waals surface area (Å²) in [4.78, 5) is 14.5. The van der Waals surface area contributed by atoms with Crippen LogP contribution in [-0.2, 0) is 4.79 Å². The van der Waals surface area contributed by atoms with Gasteiger partial charge in [-0.2, -0.15) is 0 Å². The standard InChI is InChI=1S/C16H25ClN4O2/c1-3-11(2)13(10-22)18-16(23)12-6-8-21(9-7-12)15-5-4-14(17)19-20-15/h4-5,11-13,22H,3,6-10H2,1-2H3,(H,18,23)/t11-,13+/m0/s1. The van der Waals surface area contributed by atoms with Crippen LogP contribution in [0.1, 0.15) is 33.1 Å². The number of amides is 1. The molecule has 1 fully saturated rings. The average molecular weight is 341 g/mol. The highest BCUT2D eigenvalue weighted by atomic mass is 35.5. The molecule has 6 nitrogen and oxygen atoms in total. The molecule has 0 unspecified atom stereocenters. The number of anilines is 1. The van der Waals surface area contributed by atoms with Crippen molar-refractivity contribution >= 4 is 23.3 Å². The Balaban J connectivity index is 1.86. The van der Waals surface area contributed by atoms with Crippen LogP contribution >= 0.6 is 11.6 Å². The smallest absolute Gasteiger partial charge is 0.223 e. The maximum absolute atomic E-state index is 12.4. The average Bonchev–Trinajstić information content (AvgIpc) is 2.59. The Morgan fingerprint density at radius 1 is 1.43 bits per heavy atom. The van der Waals surface area contributed by atoms with Crippen LogP contribution < -0.4 is 10.2 Å². The van der Waals surface area contributed by atoms with Crippen molar-refractivity contribution in [2.24, 2.45) is 11.8 Å². The van der Waals surface area contributed by atoms with Crippen molar-refractivity contribution in [1.82, 2.24) is 15.5 Å². The molecule has 0 aromatic carbocycles. The number of carbonyl (C=O) groups excluding carboxylic acids is 1. The highest BCUT2D eigenvalue weighted by molar-refractivity contribution is 6.29. The molecule has 1 amide bonds. The first-order valence-corrected chi connectivity index (χ1v) is 8.58. The van der Waals surface area contributed by atoms with Crippen molar-refractivity contribution in [3.8, 4) is 0 Å². The molecule has 0 radical (unpaired) electrons. The minimum absolute atomic E-state index is 0.00962. The minimum Gasteiger partial charge on any atom is -0.394 e. The monoisotopic (exact) mass is 340 g/mol. The first-order valence-electron chi connectivity index (χ1n) is 8.20. The van der Waals surface area contributed by atoms with Gasteiger partial charge in [0.05, 0.1) is 12.6 Å². The SMILES string of the molecule is CC[C@H](C)[C@@H](CO)NC(=O)C1CCN(c2ccc(Cl)nn2)CC1. The van der Waals surface area contributed by atoms with Crippen LogP contribution in [0.4, 0.5) is 5.82 Å². The summed E-state index contributed by atoms with van der Waals surface area (Å²) in [6, 6.07) is 3.41. The van der Waals surface area contributed by atoms with E-state index >= 15 is 0 Å². The van der Waals surface area contributed by atoms with Crippen LogP contribution in [0.5, 0.6) is 0 Å². The van der Waals surface area contributed by atoms with Gasteiger partial charge in [-0.05, 0) is 30.9 Å². The Labute approximate surface area is 142 Å². The molecule has 23 heavy (non-hydrogen) atoms. The largest absolute Gasteiger partial charge is 0.394 e. The molecule has 2 heterocycles. The molecule has 0 bridgehead atoms. The lowest BCUT2D eigenvalue weighted by Gasteiger charge is -2.33. The van der Waals surface area contributed by atoms with Crippen LogP contribution in [-0.4, -0.2) is 46.9 Å². The van der Waals surface area contributed by atoms with Crippen LogP contribution in [0.25, 0.3) is 0 Å². The van der Waals surface area contributed by atoms with Gasteiger partial charge in [0.15, 0.2) is 11.0 Å². The number of hydrogen-bond donors (Lipinski definition) is 2. The Bertz CT molecular complexity index is 503. The van der Waals surface area contributed by atoms with E-state index < -0.39 is 0 Å². The zero-order chi connectivity index (χ0) is 16.8. The number of hydrogen-bond acceptors (Lipinski definition) is 5. The van der Waals surface area contributed by atoms with Gasteiger partial charge in [0.1, 0.15) is 0 Å². The van der Waals surface area contributed by atoms with Gasteiger partial charge in [0.25, 0.3) is 0 Å². The fourth-order valence-corrected chi connectivity index (χ4v) is 2.90. The number of nitrogens with zero attached hydrogens (tertiary/aromatic N) is 3. The number of aromatic nitrogens is 2. The van der Waals surface area contributed by atoms with E-state index in [9.17, 15) is 9.90 Å². The Morgan fingerprint density at radius 3 is 2.65 bits per heavy atom. The summed E-state index contributed by atoms with van der Waals surface area (Å²) in [5.41, 5.74) is 0. The number of aliphatic hydroxyl groups excluding tert-OH is 1. The lowest BCUT2D eigenvalue weighted by Crippen LogP contribution is -2.47. The van der Waals surface area contributed by atoms with Crippen molar-refractivity contribution in [3.05, 3.63) is 17.3 Å². The Morgan fingerprint density at radius 2 is 2.13 bits per heavy atom. The Kier molecular flexibility index (Phi) is 6.59. The number of rotatable bonds is 6. The van der Waals surface area contributed by atoms with E-state index in [1.165, 1.54) is 0 Å². The minimum atomic E-state index is -0.160. The quantitative estimate of drug-likeness (QED) is 0.826. The second kappa shape index (κ2) is 8.45. The molecule has 2 atom stereocenters. The lowest BCUT2D eigenvalue weighted by atomic mass is 9.94. The molecule has 0 aliphatic carbocycles. The lowest BCUT2D eigenvalue weighted by molar-refractivity contribution is -0.127. The molecule has 7 heteroatoms. The van der Waals surface area contributed by atoms with Gasteiger partial charge in [-0.3, -0.25) is 4.79 Å². The predicted octanol–water partition coefficient (Wildman–Crippen LogP) is 1.87. The third-order valence-corrected chi connectivity index (χ3v) is 4.86. The van der Waals surface area contributed by atoms with Crippen molar-refractivity contribution in [2.75, 3.05) is 24.6 Å². The van der Waals surface area contributed by atoms with Crippen LogP contribution in [0.3, 0.4) is 0 Å². The highest BCUT2D eigenvalue weighted by Crippen LogP contribution is 2.22. The molecule has 2 rings (SSSR count). The van der Waals surface area contributed by atoms with E-state index in [0.717, 1.165) is 38.2 Å². The second-order valence-electron chi connectivity index (χ2n) is 6.16. The summed E-state index contributed by atoms with van der Waals surface area (Å²) in [5.74, 6) is 1.10. The van der Waals surface area contributed by atoms with E-state index in [2.05, 4.69) is 27.3 Å².